The van der Waals surface area contributed by atoms with Gasteiger partial charge in [-0.25, -0.2) is 8.78 Å². The molecule has 0 saturated heterocycles. The summed E-state index contributed by atoms with van der Waals surface area (Å²) in [5.41, 5.74) is 0.493. The van der Waals surface area contributed by atoms with Gasteiger partial charge in [0.05, 0.1) is 6.10 Å². The fourth-order valence-electron chi connectivity index (χ4n) is 3.64. The van der Waals surface area contributed by atoms with E-state index in [2.05, 4.69) is 20.8 Å². The smallest absolute Gasteiger partial charge is 0.159 e. The molecule has 0 amide bonds. The molecule has 0 radical (unpaired) electrons. The number of aliphatic hydroxyl groups excluding tert-OH is 1. The van der Waals surface area contributed by atoms with Crippen LogP contribution in [0, 0.1) is 28.9 Å². The Kier molecular flexibility index (Phi) is 3.95. The summed E-state index contributed by atoms with van der Waals surface area (Å²) in [4.78, 5) is 0. The Bertz CT molecular complexity index is 456. The first-order valence-electron chi connectivity index (χ1n) is 6.96. The minimum atomic E-state index is -0.891. The molecule has 0 aliphatic heterocycles. The van der Waals surface area contributed by atoms with Crippen LogP contribution in [-0.2, 0) is 0 Å². The van der Waals surface area contributed by atoms with Crippen molar-refractivity contribution in [3.05, 3.63) is 35.4 Å². The van der Waals surface area contributed by atoms with Gasteiger partial charge in [-0.1, -0.05) is 39.7 Å². The van der Waals surface area contributed by atoms with E-state index in [1.165, 1.54) is 6.07 Å². The number of rotatable bonds is 2. The molecule has 1 aromatic carbocycles. The summed E-state index contributed by atoms with van der Waals surface area (Å²) in [5, 5.41) is 10.6. The highest BCUT2D eigenvalue weighted by Crippen LogP contribution is 2.49. The molecule has 0 heterocycles. The molecule has 1 saturated carbocycles. The van der Waals surface area contributed by atoms with Crippen LogP contribution in [0.25, 0.3) is 0 Å². The van der Waals surface area contributed by atoms with Gasteiger partial charge in [0.15, 0.2) is 11.6 Å². The summed E-state index contributed by atoms with van der Waals surface area (Å²) in [7, 11) is 0. The van der Waals surface area contributed by atoms with E-state index in [1.807, 2.05) is 0 Å². The van der Waals surface area contributed by atoms with Crippen molar-refractivity contribution in [2.24, 2.45) is 17.3 Å². The van der Waals surface area contributed by atoms with Gasteiger partial charge in [-0.05, 0) is 41.4 Å². The van der Waals surface area contributed by atoms with Crippen LogP contribution in [0.5, 0.6) is 0 Å². The maximum Gasteiger partial charge on any atom is 0.159 e. The number of hydrogen-bond donors (Lipinski definition) is 1. The number of halogens is 2. The predicted molar refractivity (Wildman–Crippen MR) is 71.6 cm³/mol. The normalized spacial score (nSPS) is 28.1. The number of benzene rings is 1. The van der Waals surface area contributed by atoms with Crippen molar-refractivity contribution in [2.45, 2.75) is 46.1 Å². The van der Waals surface area contributed by atoms with Crippen LogP contribution in [0.4, 0.5) is 8.78 Å². The summed E-state index contributed by atoms with van der Waals surface area (Å²) in [6.45, 7) is 6.43. The standard InChI is InChI=1S/C16H22F2O/c1-10-5-4-8-16(2,3)14(10)15(19)11-6-7-12(17)13(18)9-11/h6-7,9-10,14-15,19H,4-5,8H2,1-3H3/t10-,14-,15?/m0/s1. The highest BCUT2D eigenvalue weighted by atomic mass is 19.2. The minimum Gasteiger partial charge on any atom is -0.388 e. The van der Waals surface area contributed by atoms with Crippen molar-refractivity contribution >= 4 is 0 Å². The number of hydrogen-bond acceptors (Lipinski definition) is 1. The Morgan fingerprint density at radius 3 is 2.53 bits per heavy atom. The van der Waals surface area contributed by atoms with Crippen LogP contribution in [0.3, 0.4) is 0 Å². The van der Waals surface area contributed by atoms with Gasteiger partial charge in [0.25, 0.3) is 0 Å². The Morgan fingerprint density at radius 2 is 1.95 bits per heavy atom. The van der Waals surface area contributed by atoms with Crippen molar-refractivity contribution in [1.29, 1.82) is 0 Å². The topological polar surface area (TPSA) is 20.2 Å². The zero-order valence-electron chi connectivity index (χ0n) is 11.8. The van der Waals surface area contributed by atoms with E-state index in [0.29, 0.717) is 11.5 Å². The van der Waals surface area contributed by atoms with Gasteiger partial charge < -0.3 is 5.11 Å². The molecule has 0 bridgehead atoms. The molecule has 19 heavy (non-hydrogen) atoms. The molecule has 1 unspecified atom stereocenters. The van der Waals surface area contributed by atoms with Crippen LogP contribution in [0.15, 0.2) is 18.2 Å². The molecule has 0 spiro atoms. The lowest BCUT2D eigenvalue weighted by Crippen LogP contribution is -2.38. The average molecular weight is 268 g/mol. The quantitative estimate of drug-likeness (QED) is 0.839. The van der Waals surface area contributed by atoms with E-state index in [4.69, 9.17) is 0 Å². The zero-order valence-corrected chi connectivity index (χ0v) is 11.8. The zero-order chi connectivity index (χ0) is 14.2. The Labute approximate surface area is 113 Å². The van der Waals surface area contributed by atoms with E-state index < -0.39 is 17.7 Å². The van der Waals surface area contributed by atoms with Crippen molar-refractivity contribution in [2.75, 3.05) is 0 Å². The largest absolute Gasteiger partial charge is 0.388 e. The predicted octanol–water partition coefficient (Wildman–Crippen LogP) is 4.46. The first-order chi connectivity index (χ1) is 8.83. The summed E-state index contributed by atoms with van der Waals surface area (Å²) in [6, 6.07) is 3.70. The van der Waals surface area contributed by atoms with Gasteiger partial charge in [0, 0.05) is 0 Å². The van der Waals surface area contributed by atoms with Gasteiger partial charge in [-0.15, -0.1) is 0 Å². The van der Waals surface area contributed by atoms with E-state index in [1.54, 1.807) is 0 Å². The van der Waals surface area contributed by atoms with Crippen LogP contribution in [0.1, 0.15) is 51.7 Å². The lowest BCUT2D eigenvalue weighted by Gasteiger charge is -2.45. The second-order valence-electron chi connectivity index (χ2n) is 6.50. The first kappa shape index (κ1) is 14.4. The monoisotopic (exact) mass is 268 g/mol. The summed E-state index contributed by atoms with van der Waals surface area (Å²) in [6.07, 6.45) is 2.56. The lowest BCUT2D eigenvalue weighted by atomic mass is 9.61. The molecule has 2 rings (SSSR count). The van der Waals surface area contributed by atoms with E-state index in [9.17, 15) is 13.9 Å². The maximum absolute atomic E-state index is 13.3. The molecular weight excluding hydrogens is 246 g/mol. The van der Waals surface area contributed by atoms with Gasteiger partial charge in [-0.2, -0.15) is 0 Å². The SMILES string of the molecule is C[C@H]1CCCC(C)(C)[C@@H]1C(O)c1ccc(F)c(F)c1. The van der Waals surface area contributed by atoms with Crippen LogP contribution in [-0.4, -0.2) is 5.11 Å². The van der Waals surface area contributed by atoms with Gasteiger partial charge >= 0.3 is 0 Å². The van der Waals surface area contributed by atoms with Crippen molar-refractivity contribution in [3.63, 3.8) is 0 Å². The Balaban J connectivity index is 2.30. The van der Waals surface area contributed by atoms with Crippen LogP contribution >= 0.6 is 0 Å². The van der Waals surface area contributed by atoms with Gasteiger partial charge in [0.2, 0.25) is 0 Å². The molecule has 1 N–H and O–H groups in total. The minimum absolute atomic E-state index is 0.0158. The third-order valence-corrected chi connectivity index (χ3v) is 4.62. The van der Waals surface area contributed by atoms with Gasteiger partial charge in [-0.3, -0.25) is 0 Å². The fourth-order valence-corrected chi connectivity index (χ4v) is 3.64. The molecule has 1 aliphatic carbocycles. The van der Waals surface area contributed by atoms with E-state index >= 15 is 0 Å². The van der Waals surface area contributed by atoms with Crippen LogP contribution in [0.2, 0.25) is 0 Å². The molecule has 3 heteroatoms. The third kappa shape index (κ3) is 2.81. The molecule has 1 nitrogen and oxygen atoms in total. The summed E-state index contributed by atoms with van der Waals surface area (Å²) >= 11 is 0. The molecule has 1 aliphatic rings. The first-order valence-corrected chi connectivity index (χ1v) is 6.96. The fraction of sp³-hybridized carbons (Fsp3) is 0.625. The Morgan fingerprint density at radius 1 is 1.26 bits per heavy atom. The molecular formula is C16H22F2O. The van der Waals surface area contributed by atoms with Crippen molar-refractivity contribution < 1.29 is 13.9 Å². The molecule has 1 aromatic rings. The van der Waals surface area contributed by atoms with Crippen molar-refractivity contribution in [3.8, 4) is 0 Å². The number of aliphatic hydroxyl groups is 1. The average Bonchev–Trinajstić information content (AvgIpc) is 2.31. The lowest BCUT2D eigenvalue weighted by molar-refractivity contribution is -0.0294. The second kappa shape index (κ2) is 5.20. The Hall–Kier alpha value is -0.960. The molecule has 1 fully saturated rings. The van der Waals surface area contributed by atoms with E-state index in [-0.39, 0.29) is 11.3 Å². The highest BCUT2D eigenvalue weighted by Gasteiger charge is 2.41. The molecule has 3 atom stereocenters. The molecule has 106 valence electrons. The van der Waals surface area contributed by atoms with Gasteiger partial charge in [0.1, 0.15) is 0 Å². The molecule has 0 aromatic heterocycles. The van der Waals surface area contributed by atoms with Crippen molar-refractivity contribution in [1.82, 2.24) is 0 Å². The second-order valence-corrected chi connectivity index (χ2v) is 6.50. The maximum atomic E-state index is 13.3. The van der Waals surface area contributed by atoms with E-state index in [0.717, 1.165) is 31.4 Å². The summed E-state index contributed by atoms with van der Waals surface area (Å²) < 4.78 is 26.3. The highest BCUT2D eigenvalue weighted by molar-refractivity contribution is 5.21. The third-order valence-electron chi connectivity index (χ3n) is 4.62. The van der Waals surface area contributed by atoms with Crippen LogP contribution < -0.4 is 0 Å². The summed E-state index contributed by atoms with van der Waals surface area (Å²) in [5.74, 6) is -1.30.